The number of carbonyl (C=O) groups excluding carboxylic acids is 1. The van der Waals surface area contributed by atoms with Crippen LogP contribution in [0.15, 0.2) is 28.7 Å². The van der Waals surface area contributed by atoms with Crippen molar-refractivity contribution in [3.05, 3.63) is 34.3 Å². The van der Waals surface area contributed by atoms with Crippen molar-refractivity contribution >= 4 is 21.8 Å². The van der Waals surface area contributed by atoms with E-state index in [4.69, 9.17) is 0 Å². The molecule has 1 fully saturated rings. The molecular weight excluding hydrogens is 292 g/mol. The van der Waals surface area contributed by atoms with E-state index in [0.717, 1.165) is 16.9 Å². The first-order valence-electron chi connectivity index (χ1n) is 6.41. The predicted octanol–water partition coefficient (Wildman–Crippen LogP) is 2.63. The van der Waals surface area contributed by atoms with Gasteiger partial charge in [-0.15, -0.1) is 0 Å². The molecule has 1 aliphatic rings. The molecule has 2 N–H and O–H groups in total. The smallest absolute Gasteiger partial charge is 0.233 e. The van der Waals surface area contributed by atoms with Gasteiger partial charge in [-0.05, 0) is 37.3 Å². The fourth-order valence-electron chi connectivity index (χ4n) is 1.82. The topological polar surface area (TPSA) is 41.1 Å². The highest BCUT2D eigenvalue weighted by atomic mass is 79.9. The third kappa shape index (κ3) is 4.10. The minimum Gasteiger partial charge on any atom is -0.355 e. The highest BCUT2D eigenvalue weighted by molar-refractivity contribution is 9.10. The number of benzene rings is 1. The summed E-state index contributed by atoms with van der Waals surface area (Å²) in [6.07, 6.45) is 2.53. The molecule has 0 aliphatic heterocycles. The Morgan fingerprint density at radius 1 is 1.44 bits per heavy atom. The largest absolute Gasteiger partial charge is 0.355 e. The van der Waals surface area contributed by atoms with E-state index in [0.29, 0.717) is 6.54 Å². The van der Waals surface area contributed by atoms with Crippen molar-refractivity contribution in [2.45, 2.75) is 25.8 Å². The Balaban J connectivity index is 1.75. The molecule has 18 heavy (non-hydrogen) atoms. The van der Waals surface area contributed by atoms with Crippen LogP contribution in [0.5, 0.6) is 0 Å². The molecule has 1 aliphatic carbocycles. The third-order valence-corrected chi connectivity index (χ3v) is 3.95. The van der Waals surface area contributed by atoms with Gasteiger partial charge in [0.05, 0.1) is 6.54 Å². The van der Waals surface area contributed by atoms with Crippen molar-refractivity contribution in [3.63, 3.8) is 0 Å². The molecule has 1 aromatic carbocycles. The van der Waals surface area contributed by atoms with Gasteiger partial charge < -0.3 is 10.6 Å². The maximum Gasteiger partial charge on any atom is 0.233 e. The molecule has 3 nitrogen and oxygen atoms in total. The van der Waals surface area contributed by atoms with Gasteiger partial charge in [0.2, 0.25) is 5.91 Å². The van der Waals surface area contributed by atoms with E-state index in [-0.39, 0.29) is 11.9 Å². The molecule has 0 aromatic heterocycles. The van der Waals surface area contributed by atoms with E-state index >= 15 is 0 Å². The van der Waals surface area contributed by atoms with Crippen molar-refractivity contribution < 1.29 is 4.79 Å². The Kier molecular flexibility index (Phi) is 4.78. The van der Waals surface area contributed by atoms with Crippen molar-refractivity contribution in [1.82, 2.24) is 10.6 Å². The van der Waals surface area contributed by atoms with E-state index in [9.17, 15) is 4.79 Å². The molecule has 1 aromatic rings. The highest BCUT2D eigenvalue weighted by Gasteiger charge is 2.21. The summed E-state index contributed by atoms with van der Waals surface area (Å²) < 4.78 is 1.07. The fourth-order valence-corrected chi connectivity index (χ4v) is 2.45. The average Bonchev–Trinajstić information content (AvgIpc) is 3.18. The van der Waals surface area contributed by atoms with Crippen LogP contribution < -0.4 is 10.6 Å². The monoisotopic (exact) mass is 310 g/mol. The Bertz CT molecular complexity index is 418. The van der Waals surface area contributed by atoms with Gasteiger partial charge in [0, 0.05) is 17.1 Å². The summed E-state index contributed by atoms with van der Waals surface area (Å²) in [6.45, 7) is 3.27. The first-order valence-corrected chi connectivity index (χ1v) is 7.20. The lowest BCUT2D eigenvalue weighted by atomic mass is 10.1. The first-order chi connectivity index (χ1) is 8.66. The molecule has 0 bridgehead atoms. The lowest BCUT2D eigenvalue weighted by Gasteiger charge is -2.15. The van der Waals surface area contributed by atoms with Gasteiger partial charge >= 0.3 is 0 Å². The summed E-state index contributed by atoms with van der Waals surface area (Å²) in [5.74, 6) is 0.815. The van der Waals surface area contributed by atoms with Crippen LogP contribution in [-0.2, 0) is 4.79 Å². The molecule has 0 radical (unpaired) electrons. The van der Waals surface area contributed by atoms with Crippen LogP contribution in [0.3, 0.4) is 0 Å². The van der Waals surface area contributed by atoms with E-state index in [1.807, 2.05) is 18.2 Å². The molecule has 2 rings (SSSR count). The summed E-state index contributed by atoms with van der Waals surface area (Å²) >= 11 is 3.52. The van der Waals surface area contributed by atoms with Crippen LogP contribution >= 0.6 is 15.9 Å². The van der Waals surface area contributed by atoms with Crippen LogP contribution in [0.1, 0.15) is 31.4 Å². The molecule has 0 unspecified atom stereocenters. The van der Waals surface area contributed by atoms with Gasteiger partial charge in [-0.3, -0.25) is 4.79 Å². The highest BCUT2D eigenvalue weighted by Crippen LogP contribution is 2.27. The molecule has 1 atom stereocenters. The summed E-state index contributed by atoms with van der Waals surface area (Å²) in [7, 11) is 0. The number of hydrogen-bond acceptors (Lipinski definition) is 2. The van der Waals surface area contributed by atoms with Crippen LogP contribution in [0.4, 0.5) is 0 Å². The van der Waals surface area contributed by atoms with Gasteiger partial charge in [-0.1, -0.05) is 34.1 Å². The normalized spacial score (nSPS) is 16.3. The second-order valence-corrected chi connectivity index (χ2v) is 5.73. The predicted molar refractivity (Wildman–Crippen MR) is 76.3 cm³/mol. The standard InChI is InChI=1S/C14H19BrN2O/c1-10(12-4-2-3-5-13(12)15)16-9-14(18)17-8-11-6-7-11/h2-5,10-11,16H,6-9H2,1H3,(H,17,18)/t10-/m1/s1. The maximum absolute atomic E-state index is 11.6. The van der Waals surface area contributed by atoms with Crippen LogP contribution in [0.2, 0.25) is 0 Å². The first kappa shape index (κ1) is 13.6. The molecule has 4 heteroatoms. The lowest BCUT2D eigenvalue weighted by molar-refractivity contribution is -0.120. The lowest BCUT2D eigenvalue weighted by Crippen LogP contribution is -2.36. The molecule has 1 amide bonds. The van der Waals surface area contributed by atoms with Gasteiger partial charge in [0.15, 0.2) is 0 Å². The third-order valence-electron chi connectivity index (χ3n) is 3.23. The van der Waals surface area contributed by atoms with Crippen molar-refractivity contribution in [2.24, 2.45) is 5.92 Å². The van der Waals surface area contributed by atoms with Gasteiger partial charge in [0.25, 0.3) is 0 Å². The van der Waals surface area contributed by atoms with Crippen molar-refractivity contribution in [2.75, 3.05) is 13.1 Å². The zero-order chi connectivity index (χ0) is 13.0. The summed E-state index contributed by atoms with van der Waals surface area (Å²) in [5.41, 5.74) is 1.17. The summed E-state index contributed by atoms with van der Waals surface area (Å²) in [4.78, 5) is 11.6. The van der Waals surface area contributed by atoms with Gasteiger partial charge in [-0.25, -0.2) is 0 Å². The molecular formula is C14H19BrN2O. The molecule has 0 saturated heterocycles. The van der Waals surface area contributed by atoms with E-state index < -0.39 is 0 Å². The Morgan fingerprint density at radius 2 is 2.17 bits per heavy atom. The SMILES string of the molecule is C[C@@H](NCC(=O)NCC1CC1)c1ccccc1Br. The number of amides is 1. The van der Waals surface area contributed by atoms with Gasteiger partial charge in [0.1, 0.15) is 0 Å². The zero-order valence-corrected chi connectivity index (χ0v) is 12.2. The minimum absolute atomic E-state index is 0.0841. The maximum atomic E-state index is 11.6. The molecule has 0 spiro atoms. The average molecular weight is 311 g/mol. The molecule has 1 saturated carbocycles. The Morgan fingerprint density at radius 3 is 2.83 bits per heavy atom. The summed E-state index contributed by atoms with van der Waals surface area (Å²) in [5, 5.41) is 6.19. The molecule has 98 valence electrons. The Labute approximate surface area is 116 Å². The fraction of sp³-hybridized carbons (Fsp3) is 0.500. The number of nitrogens with one attached hydrogen (secondary N) is 2. The summed E-state index contributed by atoms with van der Waals surface area (Å²) in [6, 6.07) is 8.23. The Hall–Kier alpha value is -0.870. The molecule has 0 heterocycles. The number of rotatable bonds is 6. The van der Waals surface area contributed by atoms with Gasteiger partial charge in [-0.2, -0.15) is 0 Å². The minimum atomic E-state index is 0.0841. The van der Waals surface area contributed by atoms with E-state index in [2.05, 4.69) is 39.6 Å². The van der Waals surface area contributed by atoms with Crippen molar-refractivity contribution in [3.8, 4) is 0 Å². The zero-order valence-electron chi connectivity index (χ0n) is 10.6. The van der Waals surface area contributed by atoms with E-state index in [1.165, 1.54) is 18.4 Å². The number of halogens is 1. The second kappa shape index (κ2) is 6.34. The second-order valence-electron chi connectivity index (χ2n) is 4.87. The number of carbonyl (C=O) groups is 1. The van der Waals surface area contributed by atoms with Crippen LogP contribution in [0.25, 0.3) is 0 Å². The van der Waals surface area contributed by atoms with E-state index in [1.54, 1.807) is 0 Å². The quantitative estimate of drug-likeness (QED) is 0.848. The van der Waals surface area contributed by atoms with Crippen LogP contribution in [0, 0.1) is 5.92 Å². The van der Waals surface area contributed by atoms with Crippen LogP contribution in [-0.4, -0.2) is 19.0 Å². The van der Waals surface area contributed by atoms with Crippen molar-refractivity contribution in [1.29, 1.82) is 0 Å². The number of hydrogen-bond donors (Lipinski definition) is 2.